The largest absolute Gasteiger partial charge is 0.360 e. The molecule has 2 heterocycles. The number of thioether (sulfide) groups is 1. The second-order valence-electron chi connectivity index (χ2n) is 8.16. The zero-order valence-electron chi connectivity index (χ0n) is 18.4. The number of rotatable bonds is 4. The summed E-state index contributed by atoms with van der Waals surface area (Å²) >= 11 is 1.80. The Morgan fingerprint density at radius 2 is 1.44 bits per heavy atom. The fraction of sp³-hybridized carbons (Fsp3) is 0.0690. The Bertz CT molecular complexity index is 1490. The van der Waals surface area contributed by atoms with Crippen molar-refractivity contribution >= 4 is 39.8 Å². The van der Waals surface area contributed by atoms with Crippen LogP contribution in [0.15, 0.2) is 136 Å². The maximum atomic E-state index is 5.22. The van der Waals surface area contributed by atoms with Crippen molar-refractivity contribution < 1.29 is 0 Å². The van der Waals surface area contributed by atoms with Gasteiger partial charge in [-0.3, -0.25) is 0 Å². The number of nitrogens with one attached hydrogen (secondary N) is 1. The highest BCUT2D eigenvalue weighted by molar-refractivity contribution is 7.99. The molecule has 4 nitrogen and oxygen atoms in total. The fourth-order valence-corrected chi connectivity index (χ4v) is 5.60. The highest BCUT2D eigenvalue weighted by Gasteiger charge is 2.34. The third-order valence-corrected chi connectivity index (χ3v) is 7.36. The first kappa shape index (κ1) is 20.6. The van der Waals surface area contributed by atoms with Gasteiger partial charge < -0.3 is 4.98 Å². The van der Waals surface area contributed by atoms with Crippen LogP contribution in [0.2, 0.25) is 0 Å². The molecule has 1 aliphatic heterocycles. The zero-order valence-corrected chi connectivity index (χ0v) is 19.2. The number of hydrogen-bond donors (Lipinski definition) is 1. The van der Waals surface area contributed by atoms with Gasteiger partial charge in [0.25, 0.3) is 0 Å². The van der Waals surface area contributed by atoms with Crippen molar-refractivity contribution in [1.29, 1.82) is 0 Å². The highest BCUT2D eigenvalue weighted by Crippen LogP contribution is 2.47. The minimum Gasteiger partial charge on any atom is -0.360 e. The van der Waals surface area contributed by atoms with E-state index in [0.717, 1.165) is 38.4 Å². The van der Waals surface area contributed by atoms with Crippen LogP contribution in [0.25, 0.3) is 10.9 Å². The van der Waals surface area contributed by atoms with Crippen LogP contribution in [0.5, 0.6) is 0 Å². The average molecular weight is 459 g/mol. The molecule has 0 bridgehead atoms. The molecule has 5 aromatic rings. The molecule has 5 heteroatoms. The first-order valence-corrected chi connectivity index (χ1v) is 12.2. The number of aromatic nitrogens is 1. The van der Waals surface area contributed by atoms with Gasteiger partial charge in [-0.15, -0.1) is 11.8 Å². The molecule has 0 fully saturated rings. The molecule has 0 saturated carbocycles. The van der Waals surface area contributed by atoms with Gasteiger partial charge in [0.1, 0.15) is 6.04 Å². The van der Waals surface area contributed by atoms with Gasteiger partial charge in [0.15, 0.2) is 0 Å². The first-order valence-electron chi connectivity index (χ1n) is 11.3. The molecule has 0 saturated heterocycles. The number of para-hydroxylation sites is 2. The van der Waals surface area contributed by atoms with E-state index >= 15 is 0 Å². The predicted molar refractivity (Wildman–Crippen MR) is 141 cm³/mol. The molecular formula is C29H22N4S. The molecule has 164 valence electrons. The van der Waals surface area contributed by atoms with E-state index in [1.807, 2.05) is 48.5 Å². The first-order chi connectivity index (χ1) is 16.9. The van der Waals surface area contributed by atoms with Gasteiger partial charge in [-0.2, -0.15) is 10.2 Å². The number of nitrogens with zero attached hydrogens (tertiary/aromatic N) is 3. The van der Waals surface area contributed by atoms with E-state index in [2.05, 4.69) is 77.0 Å². The molecule has 1 aliphatic rings. The van der Waals surface area contributed by atoms with Gasteiger partial charge in [-0.25, -0.2) is 4.99 Å². The lowest BCUT2D eigenvalue weighted by Crippen LogP contribution is -2.24. The Labute approximate surface area is 202 Å². The van der Waals surface area contributed by atoms with Crippen LogP contribution in [0.3, 0.4) is 0 Å². The molecule has 2 atom stereocenters. The fourth-order valence-electron chi connectivity index (χ4n) is 4.32. The number of fused-ring (bicyclic) bond motifs is 2. The van der Waals surface area contributed by atoms with Crippen molar-refractivity contribution in [2.45, 2.75) is 16.2 Å². The van der Waals surface area contributed by atoms with Crippen molar-refractivity contribution in [3.05, 3.63) is 127 Å². The molecule has 6 rings (SSSR count). The molecule has 34 heavy (non-hydrogen) atoms. The van der Waals surface area contributed by atoms with Crippen LogP contribution in [0.4, 0.5) is 11.4 Å². The number of azo groups is 1. The molecule has 0 radical (unpaired) electrons. The normalized spacial score (nSPS) is 17.9. The van der Waals surface area contributed by atoms with Crippen LogP contribution < -0.4 is 0 Å². The van der Waals surface area contributed by atoms with E-state index in [1.54, 1.807) is 11.8 Å². The molecule has 0 aliphatic carbocycles. The second-order valence-corrected chi connectivity index (χ2v) is 9.34. The van der Waals surface area contributed by atoms with Crippen LogP contribution >= 0.6 is 11.8 Å². The summed E-state index contributed by atoms with van der Waals surface area (Å²) in [6.45, 7) is 0. The van der Waals surface area contributed by atoms with Crippen molar-refractivity contribution in [2.75, 3.05) is 0 Å². The highest BCUT2D eigenvalue weighted by atomic mass is 32.2. The lowest BCUT2D eigenvalue weighted by atomic mass is 9.96. The van der Waals surface area contributed by atoms with Crippen molar-refractivity contribution in [3.8, 4) is 0 Å². The van der Waals surface area contributed by atoms with E-state index in [-0.39, 0.29) is 11.3 Å². The summed E-state index contributed by atoms with van der Waals surface area (Å²) in [5, 5.41) is 10.8. The number of aliphatic imine (C=N–C) groups is 1. The lowest BCUT2D eigenvalue weighted by Gasteiger charge is -2.22. The topological polar surface area (TPSA) is 52.9 Å². The number of aromatic amines is 1. The van der Waals surface area contributed by atoms with Crippen LogP contribution in [0, 0.1) is 0 Å². The average Bonchev–Trinajstić information content (AvgIpc) is 3.25. The van der Waals surface area contributed by atoms with Crippen molar-refractivity contribution in [3.63, 3.8) is 0 Å². The van der Waals surface area contributed by atoms with Gasteiger partial charge in [-0.05, 0) is 35.9 Å². The zero-order chi connectivity index (χ0) is 22.7. The Hall–Kier alpha value is -3.96. The molecule has 1 aromatic heterocycles. The van der Waals surface area contributed by atoms with E-state index in [9.17, 15) is 0 Å². The van der Waals surface area contributed by atoms with Crippen molar-refractivity contribution in [2.24, 2.45) is 15.2 Å². The molecule has 4 aromatic carbocycles. The van der Waals surface area contributed by atoms with E-state index in [1.165, 1.54) is 5.56 Å². The summed E-state index contributed by atoms with van der Waals surface area (Å²) in [5.41, 5.74) is 6.06. The summed E-state index contributed by atoms with van der Waals surface area (Å²) in [6, 6.07) is 36.8. The summed E-state index contributed by atoms with van der Waals surface area (Å²) in [7, 11) is 0. The number of hydrogen-bond acceptors (Lipinski definition) is 4. The molecule has 0 amide bonds. The number of H-pyrrole nitrogens is 1. The summed E-state index contributed by atoms with van der Waals surface area (Å²) < 4.78 is 0. The van der Waals surface area contributed by atoms with Gasteiger partial charge in [0.05, 0.1) is 22.3 Å². The standard InChI is InChI=1S/C29H22N4S/c1-3-11-20(12-4-1)29-28(33-32-21-13-5-2-6-14-21)27(31-25-17-9-10-18-26(25)34-29)23-19-30-24-16-8-7-15-22(23)24/h1-19,28-30H. The van der Waals surface area contributed by atoms with E-state index in [4.69, 9.17) is 10.1 Å². The number of benzene rings is 4. The Morgan fingerprint density at radius 1 is 0.735 bits per heavy atom. The quantitative estimate of drug-likeness (QED) is 0.271. The predicted octanol–water partition coefficient (Wildman–Crippen LogP) is 8.29. The summed E-state index contributed by atoms with van der Waals surface area (Å²) in [6.07, 6.45) is 2.05. The van der Waals surface area contributed by atoms with Crippen LogP contribution in [-0.4, -0.2) is 16.7 Å². The minimum atomic E-state index is -0.279. The van der Waals surface area contributed by atoms with E-state index < -0.39 is 0 Å². The van der Waals surface area contributed by atoms with Gasteiger partial charge in [0, 0.05) is 27.6 Å². The molecule has 2 unspecified atom stereocenters. The maximum absolute atomic E-state index is 5.22. The van der Waals surface area contributed by atoms with Gasteiger partial charge >= 0.3 is 0 Å². The monoisotopic (exact) mass is 458 g/mol. The Kier molecular flexibility index (Phi) is 5.53. The Balaban J connectivity index is 1.58. The maximum Gasteiger partial charge on any atom is 0.130 e. The summed E-state index contributed by atoms with van der Waals surface area (Å²) in [5.74, 6) is 0. The van der Waals surface area contributed by atoms with E-state index in [0.29, 0.717) is 0 Å². The molecule has 0 spiro atoms. The lowest BCUT2D eigenvalue weighted by molar-refractivity contribution is 0.785. The summed E-state index contributed by atoms with van der Waals surface area (Å²) in [4.78, 5) is 9.79. The SMILES string of the molecule is c1ccc(N=NC2C(c3c[nH]c4ccccc34)=Nc3ccccc3SC2c2ccccc2)cc1. The van der Waals surface area contributed by atoms with Crippen molar-refractivity contribution in [1.82, 2.24) is 4.98 Å². The smallest absolute Gasteiger partial charge is 0.130 e. The van der Waals surface area contributed by atoms with Crippen LogP contribution in [0.1, 0.15) is 16.4 Å². The minimum absolute atomic E-state index is 0.0183. The van der Waals surface area contributed by atoms with Gasteiger partial charge in [0.2, 0.25) is 0 Å². The van der Waals surface area contributed by atoms with Crippen LogP contribution in [-0.2, 0) is 0 Å². The third kappa shape index (κ3) is 3.95. The Morgan fingerprint density at radius 3 is 2.29 bits per heavy atom. The molecular weight excluding hydrogens is 436 g/mol. The second kappa shape index (κ2) is 9.12. The third-order valence-electron chi connectivity index (χ3n) is 5.97. The molecule has 1 N–H and O–H groups in total. The van der Waals surface area contributed by atoms with Gasteiger partial charge in [-0.1, -0.05) is 78.9 Å².